The highest BCUT2D eigenvalue weighted by atomic mass is 32.1. The third-order valence-corrected chi connectivity index (χ3v) is 5.45. The van der Waals surface area contributed by atoms with Crippen LogP contribution in [0, 0.1) is 0 Å². The van der Waals surface area contributed by atoms with Gasteiger partial charge in [0.25, 0.3) is 5.91 Å². The predicted molar refractivity (Wildman–Crippen MR) is 92.4 cm³/mol. The molecule has 2 aromatic rings. The molecule has 1 aliphatic rings. The first kappa shape index (κ1) is 15.3. The summed E-state index contributed by atoms with van der Waals surface area (Å²) in [6.45, 7) is 2.17. The summed E-state index contributed by atoms with van der Waals surface area (Å²) in [7, 11) is 0. The van der Waals surface area contributed by atoms with Gasteiger partial charge in [-0.15, -0.1) is 11.3 Å². The molecule has 0 aliphatic heterocycles. The van der Waals surface area contributed by atoms with Crippen molar-refractivity contribution in [2.24, 2.45) is 0 Å². The Morgan fingerprint density at radius 3 is 2.91 bits per heavy atom. The van der Waals surface area contributed by atoms with Gasteiger partial charge in [-0.3, -0.25) is 4.79 Å². The molecule has 0 radical (unpaired) electrons. The lowest BCUT2D eigenvalue weighted by Crippen LogP contribution is -2.32. The fourth-order valence-electron chi connectivity index (χ4n) is 3.02. The third-order valence-electron chi connectivity index (χ3n) is 4.33. The summed E-state index contributed by atoms with van der Waals surface area (Å²) in [6.07, 6.45) is 7.83. The van der Waals surface area contributed by atoms with E-state index in [-0.39, 0.29) is 5.91 Å². The molecule has 0 aromatic carbocycles. The van der Waals surface area contributed by atoms with Gasteiger partial charge in [-0.1, -0.05) is 26.2 Å². The van der Waals surface area contributed by atoms with E-state index in [9.17, 15) is 4.79 Å². The van der Waals surface area contributed by atoms with Crippen LogP contribution in [0.4, 0.5) is 5.69 Å². The maximum Gasteiger partial charge on any atom is 0.263 e. The zero-order chi connectivity index (χ0) is 15.5. The summed E-state index contributed by atoms with van der Waals surface area (Å²) in [6, 6.07) is 4.34. The van der Waals surface area contributed by atoms with Crippen LogP contribution in [0.3, 0.4) is 0 Å². The van der Waals surface area contributed by atoms with E-state index in [2.05, 4.69) is 17.2 Å². The van der Waals surface area contributed by atoms with Gasteiger partial charge < -0.3 is 11.1 Å². The molecule has 5 heteroatoms. The molecular formula is C17H23N3OS. The Balaban J connectivity index is 1.83. The SMILES string of the molecule is CCCCc1ccc2c(N)c(C(=O)NC3CCCC3)sc2n1. The molecule has 1 saturated carbocycles. The number of anilines is 1. The number of nitrogen functional groups attached to an aromatic ring is 1. The molecule has 1 aliphatic carbocycles. The van der Waals surface area contributed by atoms with E-state index in [1.54, 1.807) is 0 Å². The molecule has 0 unspecified atom stereocenters. The van der Waals surface area contributed by atoms with E-state index in [4.69, 9.17) is 5.73 Å². The van der Waals surface area contributed by atoms with E-state index in [0.717, 1.165) is 48.0 Å². The summed E-state index contributed by atoms with van der Waals surface area (Å²) in [4.78, 5) is 18.6. The molecule has 1 fully saturated rings. The highest BCUT2D eigenvalue weighted by molar-refractivity contribution is 7.21. The van der Waals surface area contributed by atoms with Crippen molar-refractivity contribution in [1.29, 1.82) is 0 Å². The number of unbranched alkanes of at least 4 members (excludes halogenated alkanes) is 1. The molecule has 0 atom stereocenters. The lowest BCUT2D eigenvalue weighted by atomic mass is 10.1. The van der Waals surface area contributed by atoms with Crippen molar-refractivity contribution in [3.05, 3.63) is 22.7 Å². The summed E-state index contributed by atoms with van der Waals surface area (Å²) >= 11 is 1.41. The van der Waals surface area contributed by atoms with Crippen molar-refractivity contribution in [3.63, 3.8) is 0 Å². The van der Waals surface area contributed by atoms with Crippen LogP contribution < -0.4 is 11.1 Å². The van der Waals surface area contributed by atoms with E-state index in [1.165, 1.54) is 24.2 Å². The number of nitrogens with zero attached hydrogens (tertiary/aromatic N) is 1. The van der Waals surface area contributed by atoms with Crippen LogP contribution >= 0.6 is 11.3 Å². The molecule has 118 valence electrons. The number of hydrogen-bond acceptors (Lipinski definition) is 4. The smallest absolute Gasteiger partial charge is 0.263 e. The zero-order valence-electron chi connectivity index (χ0n) is 13.0. The number of nitrogens with one attached hydrogen (secondary N) is 1. The van der Waals surface area contributed by atoms with Gasteiger partial charge in [0.2, 0.25) is 0 Å². The Kier molecular flexibility index (Phi) is 4.62. The molecule has 2 heterocycles. The minimum Gasteiger partial charge on any atom is -0.397 e. The third kappa shape index (κ3) is 3.09. The molecule has 1 amide bonds. The van der Waals surface area contributed by atoms with Crippen LogP contribution in [-0.2, 0) is 6.42 Å². The average Bonchev–Trinajstić information content (AvgIpc) is 3.13. The second-order valence-corrected chi connectivity index (χ2v) is 7.06. The molecule has 22 heavy (non-hydrogen) atoms. The Hall–Kier alpha value is -1.62. The number of rotatable bonds is 5. The standard InChI is InChI=1S/C17H23N3OS/c1-2-3-6-12-9-10-13-14(18)15(22-17(13)20-12)16(21)19-11-7-4-5-8-11/h9-11H,2-8,18H2,1H3,(H,19,21). The van der Waals surface area contributed by atoms with Crippen LogP contribution in [0.15, 0.2) is 12.1 Å². The first-order valence-electron chi connectivity index (χ1n) is 8.17. The highest BCUT2D eigenvalue weighted by Crippen LogP contribution is 2.33. The number of fused-ring (bicyclic) bond motifs is 1. The van der Waals surface area contributed by atoms with Crippen LogP contribution in [0.5, 0.6) is 0 Å². The summed E-state index contributed by atoms with van der Waals surface area (Å²) in [5, 5.41) is 4.01. The molecular weight excluding hydrogens is 294 g/mol. The largest absolute Gasteiger partial charge is 0.397 e. The molecule has 2 aromatic heterocycles. The lowest BCUT2D eigenvalue weighted by Gasteiger charge is -2.10. The number of carbonyl (C=O) groups is 1. The Morgan fingerprint density at radius 1 is 1.41 bits per heavy atom. The number of thiophene rings is 1. The topological polar surface area (TPSA) is 68.0 Å². The summed E-state index contributed by atoms with van der Waals surface area (Å²) in [5.41, 5.74) is 7.83. The number of nitrogens with two attached hydrogens (primary N) is 1. The van der Waals surface area contributed by atoms with Gasteiger partial charge in [-0.25, -0.2) is 4.98 Å². The van der Waals surface area contributed by atoms with Crippen LogP contribution in [0.2, 0.25) is 0 Å². The molecule has 0 saturated heterocycles. The summed E-state index contributed by atoms with van der Waals surface area (Å²) < 4.78 is 0. The van der Waals surface area contributed by atoms with Gasteiger partial charge >= 0.3 is 0 Å². The monoisotopic (exact) mass is 317 g/mol. The predicted octanol–water partition coefficient (Wildman–Crippen LogP) is 3.89. The van der Waals surface area contributed by atoms with Crippen LogP contribution in [0.25, 0.3) is 10.2 Å². The Bertz CT molecular complexity index is 674. The molecule has 3 N–H and O–H groups in total. The number of carbonyl (C=O) groups excluding carboxylic acids is 1. The number of pyridine rings is 1. The highest BCUT2D eigenvalue weighted by Gasteiger charge is 2.22. The van der Waals surface area contributed by atoms with E-state index >= 15 is 0 Å². The Morgan fingerprint density at radius 2 is 2.18 bits per heavy atom. The molecule has 0 spiro atoms. The van der Waals surface area contributed by atoms with E-state index in [0.29, 0.717) is 16.6 Å². The number of aryl methyl sites for hydroxylation is 1. The minimum absolute atomic E-state index is 0.0393. The minimum atomic E-state index is -0.0393. The van der Waals surface area contributed by atoms with Crippen molar-refractivity contribution in [2.75, 3.05) is 5.73 Å². The first-order chi connectivity index (χ1) is 10.7. The lowest BCUT2D eigenvalue weighted by molar-refractivity contribution is 0.0943. The van der Waals surface area contributed by atoms with Crippen LogP contribution in [0.1, 0.15) is 60.8 Å². The zero-order valence-corrected chi connectivity index (χ0v) is 13.8. The van der Waals surface area contributed by atoms with Gasteiger partial charge in [0.05, 0.1) is 5.69 Å². The van der Waals surface area contributed by atoms with Crippen molar-refractivity contribution >= 4 is 33.1 Å². The normalized spacial score (nSPS) is 15.5. The molecule has 3 rings (SSSR count). The van der Waals surface area contributed by atoms with Crippen molar-refractivity contribution < 1.29 is 4.79 Å². The van der Waals surface area contributed by atoms with Gasteiger partial charge in [0.1, 0.15) is 9.71 Å². The second kappa shape index (κ2) is 6.65. The average molecular weight is 317 g/mol. The fourth-order valence-corrected chi connectivity index (χ4v) is 4.04. The fraction of sp³-hybridized carbons (Fsp3) is 0.529. The van der Waals surface area contributed by atoms with Crippen molar-refractivity contribution in [3.8, 4) is 0 Å². The van der Waals surface area contributed by atoms with E-state index in [1.807, 2.05) is 12.1 Å². The summed E-state index contributed by atoms with van der Waals surface area (Å²) in [5.74, 6) is -0.0393. The van der Waals surface area contributed by atoms with Crippen molar-refractivity contribution in [1.82, 2.24) is 10.3 Å². The maximum absolute atomic E-state index is 12.4. The van der Waals surface area contributed by atoms with Crippen LogP contribution in [-0.4, -0.2) is 16.9 Å². The van der Waals surface area contributed by atoms with Gasteiger partial charge in [-0.05, 0) is 37.8 Å². The number of hydrogen-bond donors (Lipinski definition) is 2. The molecule has 0 bridgehead atoms. The Labute approximate surface area is 135 Å². The van der Waals surface area contributed by atoms with Gasteiger partial charge in [0, 0.05) is 17.1 Å². The van der Waals surface area contributed by atoms with E-state index < -0.39 is 0 Å². The van der Waals surface area contributed by atoms with Gasteiger partial charge in [-0.2, -0.15) is 0 Å². The molecule has 4 nitrogen and oxygen atoms in total. The quantitative estimate of drug-likeness (QED) is 0.879. The van der Waals surface area contributed by atoms with Crippen molar-refractivity contribution in [2.45, 2.75) is 57.9 Å². The number of aromatic nitrogens is 1. The first-order valence-corrected chi connectivity index (χ1v) is 8.99. The second-order valence-electron chi connectivity index (χ2n) is 6.06. The number of amides is 1. The van der Waals surface area contributed by atoms with Gasteiger partial charge in [0.15, 0.2) is 0 Å². The maximum atomic E-state index is 12.4.